The molecular weight excluding hydrogens is 254 g/mol. The molecule has 1 nitrogen and oxygen atoms in total. The van der Waals surface area contributed by atoms with Crippen LogP contribution in [0.15, 0.2) is 48.5 Å². The average molecular weight is 281 g/mol. The van der Waals surface area contributed by atoms with E-state index in [4.69, 9.17) is 0 Å². The Morgan fingerprint density at radius 1 is 0.905 bits per heavy atom. The molecule has 0 aliphatic heterocycles. The summed E-state index contributed by atoms with van der Waals surface area (Å²) in [4.78, 5) is 0. The third-order valence-electron chi connectivity index (χ3n) is 2.87. The largest absolute Gasteiger partial charge is 0.388 e. The normalized spacial score (nSPS) is 8.38. The van der Waals surface area contributed by atoms with E-state index in [0.29, 0.717) is 0 Å². The van der Waals surface area contributed by atoms with E-state index in [9.17, 15) is 0 Å². The van der Waals surface area contributed by atoms with E-state index in [1.807, 2.05) is 20.9 Å². The van der Waals surface area contributed by atoms with E-state index >= 15 is 0 Å². The van der Waals surface area contributed by atoms with E-state index in [-0.39, 0.29) is 0 Å². The van der Waals surface area contributed by atoms with Gasteiger partial charge in [0.25, 0.3) is 0 Å². The predicted octanol–water partition coefficient (Wildman–Crippen LogP) is 5.62. The fourth-order valence-corrected chi connectivity index (χ4v) is 1.76. The van der Waals surface area contributed by atoms with Crippen LogP contribution in [-0.2, 0) is 6.42 Å². The molecule has 0 heterocycles. The lowest BCUT2D eigenvalue weighted by atomic mass is 10.0. The van der Waals surface area contributed by atoms with Crippen molar-refractivity contribution in [3.63, 3.8) is 0 Å². The summed E-state index contributed by atoms with van der Waals surface area (Å²) in [6.45, 7) is 7.83. The third-order valence-corrected chi connectivity index (χ3v) is 2.87. The van der Waals surface area contributed by atoms with Crippen LogP contribution in [0, 0.1) is 12.3 Å². The summed E-state index contributed by atoms with van der Waals surface area (Å²) in [6, 6.07) is 17.3. The predicted molar refractivity (Wildman–Crippen MR) is 96.7 cm³/mol. The van der Waals surface area contributed by atoms with Crippen LogP contribution in [0.4, 0.5) is 5.69 Å². The molecule has 0 atom stereocenters. The highest BCUT2D eigenvalue weighted by atomic mass is 14.8. The molecule has 0 fully saturated rings. The topological polar surface area (TPSA) is 12.0 Å². The van der Waals surface area contributed by atoms with Gasteiger partial charge in [-0.05, 0) is 42.2 Å². The van der Waals surface area contributed by atoms with Crippen molar-refractivity contribution in [1.82, 2.24) is 0 Å². The lowest BCUT2D eigenvalue weighted by molar-refractivity contribution is 1.14. The van der Waals surface area contributed by atoms with Crippen molar-refractivity contribution in [2.24, 2.45) is 0 Å². The van der Waals surface area contributed by atoms with Gasteiger partial charge >= 0.3 is 0 Å². The molecule has 1 heteroatoms. The summed E-state index contributed by atoms with van der Waals surface area (Å²) in [6.07, 6.45) is 5.69. The minimum absolute atomic E-state index is 1.10. The van der Waals surface area contributed by atoms with Gasteiger partial charge in [-0.2, -0.15) is 0 Å². The Kier molecular flexibility index (Phi) is 10.4. The molecule has 0 bridgehead atoms. The zero-order valence-corrected chi connectivity index (χ0v) is 13.9. The molecule has 0 spiro atoms. The van der Waals surface area contributed by atoms with Gasteiger partial charge in [-0.3, -0.25) is 0 Å². The Bertz CT molecular complexity index is 470. The maximum Gasteiger partial charge on any atom is 0.0337 e. The fourth-order valence-electron chi connectivity index (χ4n) is 1.76. The van der Waals surface area contributed by atoms with Gasteiger partial charge in [0, 0.05) is 12.7 Å². The summed E-state index contributed by atoms with van der Waals surface area (Å²) >= 11 is 0. The van der Waals surface area contributed by atoms with Crippen molar-refractivity contribution in [3.8, 4) is 23.5 Å². The van der Waals surface area contributed by atoms with Crippen LogP contribution in [-0.4, -0.2) is 7.05 Å². The zero-order valence-electron chi connectivity index (χ0n) is 13.9. The molecule has 0 radical (unpaired) electrons. The van der Waals surface area contributed by atoms with E-state index in [0.717, 1.165) is 12.1 Å². The summed E-state index contributed by atoms with van der Waals surface area (Å²) in [5, 5.41) is 3.12. The highest BCUT2D eigenvalue weighted by Crippen LogP contribution is 2.21. The van der Waals surface area contributed by atoms with Crippen LogP contribution in [0.5, 0.6) is 0 Å². The standard InChI is InChI=1S/C15H17N.C3H4.C2H6/c1-3-12-4-6-13(7-5-12)14-8-10-15(16-2)11-9-14;1-3-2;1-2/h4-11,16H,3H2,1-2H3;1H,2H3;1-2H3. The Labute approximate surface area is 130 Å². The maximum atomic E-state index is 4.60. The van der Waals surface area contributed by atoms with Gasteiger partial charge in [0.15, 0.2) is 0 Å². The first-order valence-corrected chi connectivity index (χ1v) is 7.49. The number of anilines is 1. The van der Waals surface area contributed by atoms with E-state index in [1.54, 1.807) is 6.92 Å². The SMILES string of the molecule is C#CC.CC.CCc1ccc(-c2ccc(NC)cc2)cc1. The van der Waals surface area contributed by atoms with Gasteiger partial charge in [0.2, 0.25) is 0 Å². The van der Waals surface area contributed by atoms with Gasteiger partial charge in [0.05, 0.1) is 0 Å². The maximum absolute atomic E-state index is 4.60. The Balaban J connectivity index is 0.000000713. The smallest absolute Gasteiger partial charge is 0.0337 e. The van der Waals surface area contributed by atoms with Gasteiger partial charge < -0.3 is 5.32 Å². The molecule has 0 aromatic heterocycles. The van der Waals surface area contributed by atoms with Crippen molar-refractivity contribution in [1.29, 1.82) is 0 Å². The second kappa shape index (κ2) is 11.6. The van der Waals surface area contributed by atoms with Crippen LogP contribution < -0.4 is 5.32 Å². The van der Waals surface area contributed by atoms with Crippen LogP contribution >= 0.6 is 0 Å². The molecule has 21 heavy (non-hydrogen) atoms. The number of rotatable bonds is 3. The molecule has 2 aromatic rings. The molecular formula is C20H27N. The molecule has 2 rings (SSSR count). The first-order valence-electron chi connectivity index (χ1n) is 7.49. The first kappa shape index (κ1) is 18.8. The van der Waals surface area contributed by atoms with Crippen molar-refractivity contribution in [2.45, 2.75) is 34.1 Å². The van der Waals surface area contributed by atoms with Crippen molar-refractivity contribution >= 4 is 5.69 Å². The highest BCUT2D eigenvalue weighted by molar-refractivity contribution is 5.66. The van der Waals surface area contributed by atoms with Crippen molar-refractivity contribution in [3.05, 3.63) is 54.1 Å². The number of aryl methyl sites for hydroxylation is 1. The Morgan fingerprint density at radius 3 is 1.62 bits per heavy atom. The van der Waals surface area contributed by atoms with Crippen LogP contribution in [0.25, 0.3) is 11.1 Å². The van der Waals surface area contributed by atoms with Crippen LogP contribution in [0.3, 0.4) is 0 Å². The zero-order chi connectivity index (χ0) is 16.1. The molecule has 0 amide bonds. The van der Waals surface area contributed by atoms with Gasteiger partial charge in [-0.1, -0.05) is 57.2 Å². The summed E-state index contributed by atoms with van der Waals surface area (Å²) < 4.78 is 0. The lowest BCUT2D eigenvalue weighted by Gasteiger charge is -2.05. The van der Waals surface area contributed by atoms with Crippen LogP contribution in [0.2, 0.25) is 0 Å². The van der Waals surface area contributed by atoms with Crippen molar-refractivity contribution < 1.29 is 0 Å². The van der Waals surface area contributed by atoms with E-state index in [1.165, 1.54) is 16.7 Å². The minimum atomic E-state index is 1.10. The van der Waals surface area contributed by atoms with Gasteiger partial charge in [0.1, 0.15) is 0 Å². The van der Waals surface area contributed by atoms with Gasteiger partial charge in [-0.15, -0.1) is 12.3 Å². The monoisotopic (exact) mass is 281 g/mol. The lowest BCUT2D eigenvalue weighted by Crippen LogP contribution is -1.87. The molecule has 0 saturated carbocycles. The molecule has 2 aromatic carbocycles. The number of nitrogens with one attached hydrogen (secondary N) is 1. The highest BCUT2D eigenvalue weighted by Gasteiger charge is 1.97. The molecule has 1 N–H and O–H groups in total. The molecule has 0 aliphatic rings. The number of terminal acetylenes is 1. The second-order valence-electron chi connectivity index (χ2n) is 4.17. The molecule has 0 saturated heterocycles. The quantitative estimate of drug-likeness (QED) is 0.720. The third kappa shape index (κ3) is 6.68. The number of hydrogen-bond acceptors (Lipinski definition) is 1. The van der Waals surface area contributed by atoms with Crippen molar-refractivity contribution in [2.75, 3.05) is 12.4 Å². The Hall–Kier alpha value is -2.20. The number of hydrogen-bond donors (Lipinski definition) is 1. The first-order chi connectivity index (χ1) is 10.2. The average Bonchev–Trinajstić information content (AvgIpc) is 2.58. The minimum Gasteiger partial charge on any atom is -0.388 e. The number of benzene rings is 2. The fraction of sp³-hybridized carbons (Fsp3) is 0.300. The Morgan fingerprint density at radius 2 is 1.29 bits per heavy atom. The second-order valence-corrected chi connectivity index (χ2v) is 4.17. The molecule has 0 unspecified atom stereocenters. The van der Waals surface area contributed by atoms with Crippen LogP contribution in [0.1, 0.15) is 33.3 Å². The summed E-state index contributed by atoms with van der Waals surface area (Å²) in [5.41, 5.74) is 5.08. The van der Waals surface area contributed by atoms with Gasteiger partial charge in [-0.25, -0.2) is 0 Å². The summed E-state index contributed by atoms with van der Waals surface area (Å²) in [5.74, 6) is 2.25. The van der Waals surface area contributed by atoms with E-state index < -0.39 is 0 Å². The molecule has 112 valence electrons. The molecule has 0 aliphatic carbocycles. The summed E-state index contributed by atoms with van der Waals surface area (Å²) in [7, 11) is 1.94. The van der Waals surface area contributed by atoms with E-state index in [2.05, 4.69) is 73.1 Å².